The van der Waals surface area contributed by atoms with Gasteiger partial charge in [0.2, 0.25) is 0 Å². The molecule has 11 aliphatic rings. The standard InChI is InChI=1S/C14H28.C13H24.2C12H24.C11H20.2C10H20.C9H18.C8H16/c1-14(2)12-10-8-6-4-3-5-7-9-11-13-14;1-12(2)8-10-13(11-9-12)6-4-3-5-7-13;1-10(2)7-11(3,4)9-12(5,6)8-10;1-5-12(6-2)9-7-11(3,4)8-10-12;1-11(2)7-9-5-3-4-6-10(9)8-11;1-9(2)5-7-10(3,4)8-6-9;1-10(2)8-6-4-3-5-7-9-10;1-9(2)7-5-3-4-6-8-9;1-8(2)6-4-3-5-7-8/h3-13H2,1-2H3;3-11H2,1-2H3;7-9H2,1-6H3;5-10H2,1-4H3;9-10H,3-8H2,1-2H3;5-8H2,1-4H3;3-9H2,1-2H3;3-8H2,1-2H3;3-7H2,1-2H3. The molecule has 0 heterocycles. The Morgan fingerprint density at radius 3 is 0.586 bits per heavy atom. The van der Waals surface area contributed by atoms with Gasteiger partial charge in [0.05, 0.1) is 0 Å². The predicted octanol–water partition coefficient (Wildman–Crippen LogP) is 35.8. The molecule has 0 heteroatoms. The van der Waals surface area contributed by atoms with Crippen molar-refractivity contribution in [2.75, 3.05) is 0 Å². The van der Waals surface area contributed by atoms with E-state index in [2.05, 4.69) is 180 Å². The number of fused-ring (bicyclic) bond motifs is 1. The third-order valence-electron chi connectivity index (χ3n) is 29.3. The molecule has 11 rings (SSSR count). The summed E-state index contributed by atoms with van der Waals surface area (Å²) in [6, 6.07) is 0. The van der Waals surface area contributed by atoms with E-state index in [1.54, 1.807) is 12.8 Å². The van der Waals surface area contributed by atoms with Gasteiger partial charge in [0.15, 0.2) is 0 Å². The molecule has 0 aromatic carbocycles. The molecule has 0 amide bonds. The lowest BCUT2D eigenvalue weighted by Crippen LogP contribution is -2.38. The van der Waals surface area contributed by atoms with Crippen LogP contribution in [0.1, 0.15) is 546 Å². The highest BCUT2D eigenvalue weighted by molar-refractivity contribution is 4.95. The van der Waals surface area contributed by atoms with E-state index < -0.39 is 0 Å². The van der Waals surface area contributed by atoms with Crippen LogP contribution in [0, 0.1) is 87.6 Å². The van der Waals surface area contributed by atoms with E-state index in [0.717, 1.165) is 22.7 Å². The molecule has 0 aromatic rings. The molecule has 1 spiro atoms. The molecule has 0 bridgehead atoms. The van der Waals surface area contributed by atoms with Crippen LogP contribution in [0.5, 0.6) is 0 Å². The predicted molar refractivity (Wildman–Crippen MR) is 452 cm³/mol. The van der Waals surface area contributed by atoms with Gasteiger partial charge in [0.1, 0.15) is 0 Å². The van der Waals surface area contributed by atoms with Gasteiger partial charge in [-0.2, -0.15) is 0 Å². The molecular weight excluding hydrogens is 1190 g/mol. The van der Waals surface area contributed by atoms with E-state index in [0.29, 0.717) is 65.0 Å². The summed E-state index contributed by atoms with van der Waals surface area (Å²) in [6.07, 6.45) is 83.7. The molecular formula is C99H194. The molecule has 0 radical (unpaired) electrons. The first-order chi connectivity index (χ1) is 45.7. The molecule has 0 aromatic heterocycles. The maximum atomic E-state index is 2.46. The summed E-state index contributed by atoms with van der Waals surface area (Å²) in [4.78, 5) is 0. The van der Waals surface area contributed by atoms with Crippen LogP contribution in [-0.4, -0.2) is 0 Å². The Morgan fingerprint density at radius 2 is 0.354 bits per heavy atom. The second-order valence-corrected chi connectivity index (χ2v) is 47.4. The van der Waals surface area contributed by atoms with E-state index in [9.17, 15) is 0 Å². The number of hydrogen-bond acceptors (Lipinski definition) is 0. The fraction of sp³-hybridized carbons (Fsp3) is 1.00. The fourth-order valence-electron chi connectivity index (χ4n) is 22.3. The van der Waals surface area contributed by atoms with Gasteiger partial charge in [-0.3, -0.25) is 0 Å². The van der Waals surface area contributed by atoms with Crippen molar-refractivity contribution >= 4 is 0 Å². The Kier molecular flexibility index (Phi) is 40.2. The third-order valence-corrected chi connectivity index (χ3v) is 29.3. The molecule has 11 fully saturated rings. The van der Waals surface area contributed by atoms with E-state index in [1.807, 2.05) is 0 Å². The lowest BCUT2D eigenvalue weighted by atomic mass is 9.56. The molecule has 0 nitrogen and oxygen atoms in total. The summed E-state index contributed by atoms with van der Waals surface area (Å²) in [7, 11) is 0. The van der Waals surface area contributed by atoms with E-state index in [-0.39, 0.29) is 0 Å². The Balaban J connectivity index is 0.000000291. The number of hydrogen-bond donors (Lipinski definition) is 0. The monoisotopic (exact) mass is 1380 g/mol. The third kappa shape index (κ3) is 42.4. The van der Waals surface area contributed by atoms with Crippen molar-refractivity contribution in [2.45, 2.75) is 546 Å². The zero-order valence-electron chi connectivity index (χ0n) is 74.5. The Hall–Kier alpha value is 0. The summed E-state index contributed by atoms with van der Waals surface area (Å²) in [5.74, 6) is 2.22. The van der Waals surface area contributed by atoms with Crippen molar-refractivity contribution in [1.29, 1.82) is 0 Å². The smallest absolute Gasteiger partial charge is 0.0297 e. The topological polar surface area (TPSA) is 0 Å². The van der Waals surface area contributed by atoms with E-state index in [1.165, 1.54) is 353 Å². The molecule has 11 saturated carbocycles. The van der Waals surface area contributed by atoms with Gasteiger partial charge in [-0.25, -0.2) is 0 Å². The Labute approximate surface area is 629 Å². The quantitative estimate of drug-likeness (QED) is 0.242. The zero-order valence-corrected chi connectivity index (χ0v) is 74.5. The van der Waals surface area contributed by atoms with Gasteiger partial charge in [-0.05, 0) is 261 Å². The average molecular weight is 1380 g/mol. The van der Waals surface area contributed by atoms with Crippen LogP contribution in [0.2, 0.25) is 0 Å². The van der Waals surface area contributed by atoms with Gasteiger partial charge in [0, 0.05) is 0 Å². The zero-order chi connectivity index (χ0) is 74.5. The minimum absolute atomic E-state index is 0.547. The number of rotatable bonds is 2. The second kappa shape index (κ2) is 42.7. The Morgan fingerprint density at radius 1 is 0.172 bits per heavy atom. The molecule has 11 aliphatic carbocycles. The summed E-state index contributed by atoms with van der Waals surface area (Å²) in [5, 5.41) is 0. The van der Waals surface area contributed by atoms with Crippen LogP contribution < -0.4 is 0 Å². The molecule has 590 valence electrons. The lowest BCUT2D eigenvalue weighted by Gasteiger charge is -2.49. The molecule has 0 aliphatic heterocycles. The summed E-state index contributed by atoms with van der Waals surface area (Å²) in [5.41, 5.74) is 9.03. The van der Waals surface area contributed by atoms with Crippen molar-refractivity contribution in [3.05, 3.63) is 0 Å². The maximum Gasteiger partial charge on any atom is -0.0297 e. The fourth-order valence-corrected chi connectivity index (χ4v) is 22.3. The largest absolute Gasteiger partial charge is 0.0649 e. The first-order valence-corrected chi connectivity index (χ1v) is 45.7. The lowest BCUT2D eigenvalue weighted by molar-refractivity contribution is 0.0203. The van der Waals surface area contributed by atoms with Gasteiger partial charge >= 0.3 is 0 Å². The van der Waals surface area contributed by atoms with Crippen LogP contribution in [0.25, 0.3) is 0 Å². The Bertz CT molecular complexity index is 1900. The highest BCUT2D eigenvalue weighted by atomic mass is 14.5. The van der Waals surface area contributed by atoms with Crippen LogP contribution in [0.15, 0.2) is 0 Å². The van der Waals surface area contributed by atoms with Crippen molar-refractivity contribution in [3.63, 3.8) is 0 Å². The molecule has 2 atom stereocenters. The van der Waals surface area contributed by atoms with Gasteiger partial charge in [-0.15, -0.1) is 0 Å². The van der Waals surface area contributed by atoms with Crippen LogP contribution in [0.4, 0.5) is 0 Å². The minimum atomic E-state index is 0.547. The average Bonchev–Trinajstić information content (AvgIpc) is 1.06. The van der Waals surface area contributed by atoms with E-state index >= 15 is 0 Å². The normalized spacial score (nSPS) is 30.1. The van der Waals surface area contributed by atoms with Gasteiger partial charge in [0.25, 0.3) is 0 Å². The van der Waals surface area contributed by atoms with Crippen LogP contribution >= 0.6 is 0 Å². The summed E-state index contributed by atoms with van der Waals surface area (Å²) in [6.45, 7) is 62.7. The second-order valence-electron chi connectivity index (χ2n) is 47.4. The van der Waals surface area contributed by atoms with Gasteiger partial charge in [-0.1, -0.05) is 373 Å². The van der Waals surface area contributed by atoms with Crippen LogP contribution in [-0.2, 0) is 0 Å². The SMILES string of the molecule is CC1(C)CC(C)(C)CC(C)(C)C1.CC1(C)CC2CCCCC2C1.CC1(C)CCC(C)(C)CC1.CC1(C)CCC2(CCCCC2)CC1.CC1(C)CCCCC1.CC1(C)CCCCCC1.CC1(C)CCCCCCC1.CC1(C)CCCCCCCCCCC1.CCC1(CC)CCC(C)(C)CC1. The molecule has 2 unspecified atom stereocenters. The van der Waals surface area contributed by atoms with Crippen molar-refractivity contribution in [2.24, 2.45) is 87.6 Å². The molecule has 0 N–H and O–H groups in total. The summed E-state index contributed by atoms with van der Waals surface area (Å²) >= 11 is 0. The molecule has 0 saturated heterocycles. The summed E-state index contributed by atoms with van der Waals surface area (Å²) < 4.78 is 0. The maximum absolute atomic E-state index is 2.46. The van der Waals surface area contributed by atoms with Gasteiger partial charge < -0.3 is 0 Å². The highest BCUT2D eigenvalue weighted by Crippen LogP contribution is 2.56. The first kappa shape index (κ1) is 93.2. The minimum Gasteiger partial charge on any atom is -0.0649 e. The first-order valence-electron chi connectivity index (χ1n) is 45.7. The van der Waals surface area contributed by atoms with Crippen LogP contribution in [0.3, 0.4) is 0 Å². The highest BCUT2D eigenvalue weighted by Gasteiger charge is 2.43. The van der Waals surface area contributed by atoms with Crippen molar-refractivity contribution < 1.29 is 0 Å². The van der Waals surface area contributed by atoms with Crippen molar-refractivity contribution in [3.8, 4) is 0 Å². The molecule has 99 heavy (non-hydrogen) atoms. The van der Waals surface area contributed by atoms with Crippen molar-refractivity contribution in [1.82, 2.24) is 0 Å². The van der Waals surface area contributed by atoms with E-state index in [4.69, 9.17) is 0 Å².